The van der Waals surface area contributed by atoms with Gasteiger partial charge in [0, 0.05) is 13.1 Å². The standard InChI is InChI=1S/C18H26N2O4/c1-12(2)11-24-16-6-4-14(5-7-16)13(3)19-18(23)20-9-8-15(10-20)17(21)22/h4-7,12-13,15H,8-11H2,1-3H3,(H,19,23)(H,21,22). The van der Waals surface area contributed by atoms with Crippen LogP contribution in [0.4, 0.5) is 4.79 Å². The summed E-state index contributed by atoms with van der Waals surface area (Å²) in [6, 6.07) is 7.30. The smallest absolute Gasteiger partial charge is 0.317 e. The van der Waals surface area contributed by atoms with Crippen LogP contribution in [-0.4, -0.2) is 41.7 Å². The van der Waals surface area contributed by atoms with E-state index in [2.05, 4.69) is 19.2 Å². The van der Waals surface area contributed by atoms with Gasteiger partial charge in [0.15, 0.2) is 0 Å². The molecule has 6 heteroatoms. The van der Waals surface area contributed by atoms with Crippen molar-refractivity contribution in [1.29, 1.82) is 0 Å². The van der Waals surface area contributed by atoms with Crippen molar-refractivity contribution in [2.24, 2.45) is 11.8 Å². The van der Waals surface area contributed by atoms with Crippen molar-refractivity contribution in [2.75, 3.05) is 19.7 Å². The van der Waals surface area contributed by atoms with E-state index >= 15 is 0 Å². The Morgan fingerprint density at radius 1 is 1.29 bits per heavy atom. The highest BCUT2D eigenvalue weighted by molar-refractivity contribution is 5.77. The first-order valence-electron chi connectivity index (χ1n) is 8.37. The van der Waals surface area contributed by atoms with Crippen molar-refractivity contribution < 1.29 is 19.4 Å². The highest BCUT2D eigenvalue weighted by Crippen LogP contribution is 2.20. The number of nitrogens with one attached hydrogen (secondary N) is 1. The molecular formula is C18H26N2O4. The largest absolute Gasteiger partial charge is 0.493 e. The quantitative estimate of drug-likeness (QED) is 0.838. The number of likely N-dealkylation sites (tertiary alicyclic amines) is 1. The van der Waals surface area contributed by atoms with Crippen LogP contribution in [0.25, 0.3) is 0 Å². The van der Waals surface area contributed by atoms with Crippen LogP contribution in [-0.2, 0) is 4.79 Å². The van der Waals surface area contributed by atoms with E-state index in [0.717, 1.165) is 11.3 Å². The molecule has 1 saturated heterocycles. The maximum atomic E-state index is 12.2. The molecule has 0 aliphatic carbocycles. The van der Waals surface area contributed by atoms with Crippen molar-refractivity contribution >= 4 is 12.0 Å². The number of carbonyl (C=O) groups is 2. The molecule has 1 fully saturated rings. The Balaban J connectivity index is 1.86. The normalized spacial score (nSPS) is 18.5. The number of ether oxygens (including phenoxy) is 1. The zero-order valence-electron chi connectivity index (χ0n) is 14.5. The van der Waals surface area contributed by atoms with Crippen LogP contribution in [0.5, 0.6) is 5.75 Å². The van der Waals surface area contributed by atoms with E-state index < -0.39 is 11.9 Å². The van der Waals surface area contributed by atoms with Crippen molar-refractivity contribution in [1.82, 2.24) is 10.2 Å². The maximum Gasteiger partial charge on any atom is 0.317 e. The number of carboxylic acids is 1. The molecule has 2 rings (SSSR count). The fourth-order valence-electron chi connectivity index (χ4n) is 2.62. The molecule has 2 atom stereocenters. The zero-order valence-corrected chi connectivity index (χ0v) is 14.5. The third kappa shape index (κ3) is 4.88. The summed E-state index contributed by atoms with van der Waals surface area (Å²) in [5.41, 5.74) is 0.981. The minimum Gasteiger partial charge on any atom is -0.493 e. The van der Waals surface area contributed by atoms with Gasteiger partial charge in [0.1, 0.15) is 5.75 Å². The van der Waals surface area contributed by atoms with Crippen molar-refractivity contribution in [3.05, 3.63) is 29.8 Å². The summed E-state index contributed by atoms with van der Waals surface area (Å²) in [5, 5.41) is 11.9. The first kappa shape index (κ1) is 18.1. The molecule has 132 valence electrons. The summed E-state index contributed by atoms with van der Waals surface area (Å²) in [6.07, 6.45) is 0.513. The van der Waals surface area contributed by atoms with Gasteiger partial charge in [0.2, 0.25) is 0 Å². The van der Waals surface area contributed by atoms with Crippen molar-refractivity contribution in [3.8, 4) is 5.75 Å². The van der Waals surface area contributed by atoms with Gasteiger partial charge in [-0.2, -0.15) is 0 Å². The number of benzene rings is 1. The van der Waals surface area contributed by atoms with Crippen molar-refractivity contribution in [3.63, 3.8) is 0 Å². The number of rotatable bonds is 6. The molecule has 24 heavy (non-hydrogen) atoms. The minimum absolute atomic E-state index is 0.152. The predicted octanol–water partition coefficient (Wildman–Crippen LogP) is 2.90. The lowest BCUT2D eigenvalue weighted by atomic mass is 10.1. The highest BCUT2D eigenvalue weighted by Gasteiger charge is 2.31. The Labute approximate surface area is 142 Å². The molecule has 0 spiro atoms. The fourth-order valence-corrected chi connectivity index (χ4v) is 2.62. The van der Waals surface area contributed by atoms with E-state index in [1.165, 1.54) is 0 Å². The Bertz CT molecular complexity index is 571. The molecule has 6 nitrogen and oxygen atoms in total. The summed E-state index contributed by atoms with van der Waals surface area (Å²) in [4.78, 5) is 24.8. The van der Waals surface area contributed by atoms with Gasteiger partial charge < -0.3 is 20.1 Å². The van der Waals surface area contributed by atoms with E-state index in [1.54, 1.807) is 4.90 Å². The third-order valence-electron chi connectivity index (χ3n) is 4.13. The van der Waals surface area contributed by atoms with Gasteiger partial charge >= 0.3 is 12.0 Å². The van der Waals surface area contributed by atoms with Crippen LogP contribution in [0.15, 0.2) is 24.3 Å². The summed E-state index contributed by atoms with van der Waals surface area (Å²) in [6.45, 7) is 7.53. The summed E-state index contributed by atoms with van der Waals surface area (Å²) in [7, 11) is 0. The molecule has 1 aliphatic rings. The van der Waals surface area contributed by atoms with Gasteiger partial charge in [0.25, 0.3) is 0 Å². The summed E-state index contributed by atoms with van der Waals surface area (Å²) >= 11 is 0. The first-order chi connectivity index (χ1) is 11.4. The second-order valence-corrected chi connectivity index (χ2v) is 6.71. The number of nitrogens with zero attached hydrogens (tertiary/aromatic N) is 1. The van der Waals surface area contributed by atoms with Crippen LogP contribution in [0.2, 0.25) is 0 Å². The lowest BCUT2D eigenvalue weighted by molar-refractivity contribution is -0.141. The van der Waals surface area contributed by atoms with E-state index in [0.29, 0.717) is 25.5 Å². The van der Waals surface area contributed by atoms with Crippen LogP contribution in [0.1, 0.15) is 38.8 Å². The molecule has 2 amide bonds. The van der Waals surface area contributed by atoms with Gasteiger partial charge in [-0.05, 0) is 37.0 Å². The maximum absolute atomic E-state index is 12.2. The van der Waals surface area contributed by atoms with Gasteiger partial charge in [-0.1, -0.05) is 26.0 Å². The topological polar surface area (TPSA) is 78.9 Å². The van der Waals surface area contributed by atoms with Crippen molar-refractivity contribution in [2.45, 2.75) is 33.2 Å². The van der Waals surface area contributed by atoms with Crippen LogP contribution in [0, 0.1) is 11.8 Å². The number of amides is 2. The van der Waals surface area contributed by atoms with E-state index in [9.17, 15) is 9.59 Å². The monoisotopic (exact) mass is 334 g/mol. The Kier molecular flexibility index (Phi) is 6.06. The molecule has 1 aliphatic heterocycles. The van der Waals surface area contributed by atoms with Crippen LogP contribution < -0.4 is 10.1 Å². The average Bonchev–Trinajstić information content (AvgIpc) is 3.03. The molecule has 0 radical (unpaired) electrons. The Morgan fingerprint density at radius 2 is 1.96 bits per heavy atom. The molecule has 2 unspecified atom stereocenters. The van der Waals surface area contributed by atoms with Gasteiger partial charge in [0.05, 0.1) is 18.6 Å². The Hall–Kier alpha value is -2.24. The molecule has 0 aromatic heterocycles. The molecule has 0 bridgehead atoms. The molecule has 0 saturated carbocycles. The number of carboxylic acid groups (broad SMARTS) is 1. The second kappa shape index (κ2) is 8.04. The SMILES string of the molecule is CC(C)COc1ccc(C(C)NC(=O)N2CCC(C(=O)O)C2)cc1. The van der Waals surface area contributed by atoms with Crippen LogP contribution >= 0.6 is 0 Å². The van der Waals surface area contributed by atoms with E-state index in [1.807, 2.05) is 31.2 Å². The first-order valence-corrected chi connectivity index (χ1v) is 8.37. The highest BCUT2D eigenvalue weighted by atomic mass is 16.5. The zero-order chi connectivity index (χ0) is 17.7. The second-order valence-electron chi connectivity index (χ2n) is 6.71. The Morgan fingerprint density at radius 3 is 2.50 bits per heavy atom. The minimum atomic E-state index is -0.838. The molecule has 2 N–H and O–H groups in total. The fraction of sp³-hybridized carbons (Fsp3) is 0.556. The van der Waals surface area contributed by atoms with E-state index in [4.69, 9.17) is 9.84 Å². The summed E-state index contributed by atoms with van der Waals surface area (Å²) < 4.78 is 5.65. The van der Waals surface area contributed by atoms with Gasteiger partial charge in [-0.15, -0.1) is 0 Å². The molecular weight excluding hydrogens is 308 g/mol. The molecule has 1 aromatic rings. The predicted molar refractivity (Wildman–Crippen MR) is 91.0 cm³/mol. The van der Waals surface area contributed by atoms with Gasteiger partial charge in [-0.25, -0.2) is 4.79 Å². The number of aliphatic carboxylic acids is 1. The molecule has 1 heterocycles. The number of hydrogen-bond acceptors (Lipinski definition) is 3. The van der Waals surface area contributed by atoms with Crippen LogP contribution in [0.3, 0.4) is 0 Å². The number of urea groups is 1. The summed E-state index contributed by atoms with van der Waals surface area (Å²) in [5.74, 6) is -0.00780. The van der Waals surface area contributed by atoms with E-state index in [-0.39, 0.29) is 18.6 Å². The van der Waals surface area contributed by atoms with Gasteiger partial charge in [-0.3, -0.25) is 4.79 Å². The average molecular weight is 334 g/mol. The third-order valence-corrected chi connectivity index (χ3v) is 4.13. The lowest BCUT2D eigenvalue weighted by Gasteiger charge is -2.21. The number of carbonyl (C=O) groups excluding carboxylic acids is 1. The molecule has 1 aromatic carbocycles. The number of hydrogen-bond donors (Lipinski definition) is 2. The lowest BCUT2D eigenvalue weighted by Crippen LogP contribution is -2.40.